The van der Waals surface area contributed by atoms with Gasteiger partial charge in [-0.15, -0.1) is 0 Å². The van der Waals surface area contributed by atoms with Crippen molar-refractivity contribution in [2.45, 2.75) is 51.9 Å². The number of hydrogen-bond acceptors (Lipinski definition) is 9. The van der Waals surface area contributed by atoms with Crippen LogP contribution in [0.2, 0.25) is 0 Å². The summed E-state index contributed by atoms with van der Waals surface area (Å²) in [6.07, 6.45) is 1.47. The van der Waals surface area contributed by atoms with E-state index < -0.39 is 35.8 Å². The topological polar surface area (TPSA) is 191 Å². The van der Waals surface area contributed by atoms with Crippen LogP contribution in [0.4, 0.5) is 0 Å². The van der Waals surface area contributed by atoms with Gasteiger partial charge in [-0.25, -0.2) is 14.6 Å². The van der Waals surface area contributed by atoms with Gasteiger partial charge in [-0.05, 0) is 48.7 Å². The largest absolute Gasteiger partial charge is 0.492 e. The molecule has 0 unspecified atom stereocenters. The maximum Gasteiger partial charge on any atom is 0.260 e. The Bertz CT molecular complexity index is 2200. The number of aryl methyl sites for hydroxylation is 1. The molecule has 15 heteroatoms. The molecule has 2 aromatic heterocycles. The van der Waals surface area contributed by atoms with Crippen LogP contribution >= 0.6 is 0 Å². The van der Waals surface area contributed by atoms with Crippen molar-refractivity contribution >= 4 is 34.5 Å². The molecule has 0 spiro atoms. The Labute approximate surface area is 305 Å². The van der Waals surface area contributed by atoms with E-state index in [4.69, 9.17) is 9.72 Å². The summed E-state index contributed by atoms with van der Waals surface area (Å²) in [6, 6.07) is 18.0. The highest BCUT2D eigenvalue weighted by Gasteiger charge is 2.31. The molecule has 2 aliphatic heterocycles. The van der Waals surface area contributed by atoms with Crippen molar-refractivity contribution in [3.63, 3.8) is 0 Å². The maximum atomic E-state index is 14.0. The fourth-order valence-corrected chi connectivity index (χ4v) is 5.97. The molecule has 2 aliphatic rings. The molecule has 3 aromatic carbocycles. The SMILES string of the molecule is CC(C)[C@H]1NC(=O)[C@@H](NC(=O)c2ccc3c(=O)n(C)cnc3c2)Cc2ccc(cc2)OCCNC(=O)Cn2nc(-c3ccccc3)nc2[C@H](C)NC1=O. The number of hydrogen-bond donors (Lipinski definition) is 4. The van der Waals surface area contributed by atoms with Crippen molar-refractivity contribution in [3.05, 3.63) is 106 Å². The number of carbonyl (C=O) groups excluding carboxylic acids is 4. The molecule has 0 aliphatic carbocycles. The number of aromatic nitrogens is 5. The fourth-order valence-electron chi connectivity index (χ4n) is 5.97. The summed E-state index contributed by atoms with van der Waals surface area (Å²) in [5, 5.41) is 16.4. The Morgan fingerprint density at radius 3 is 2.45 bits per heavy atom. The molecule has 2 bridgehead atoms. The first kappa shape index (κ1) is 36.4. The van der Waals surface area contributed by atoms with Crippen LogP contribution in [0.5, 0.6) is 5.75 Å². The Kier molecular flexibility index (Phi) is 10.9. The predicted octanol–water partition coefficient (Wildman–Crippen LogP) is 2.06. The van der Waals surface area contributed by atoms with Gasteiger partial charge in [-0.3, -0.25) is 24.0 Å². The number of rotatable bonds is 4. The van der Waals surface area contributed by atoms with Gasteiger partial charge in [0.05, 0.1) is 29.8 Å². The second kappa shape index (κ2) is 15.9. The molecular formula is C38H41N9O6. The molecule has 0 saturated heterocycles. The number of nitrogens with zero attached hydrogens (tertiary/aromatic N) is 5. The minimum atomic E-state index is -1.09. The van der Waals surface area contributed by atoms with Crippen molar-refractivity contribution < 1.29 is 23.9 Å². The lowest BCUT2D eigenvalue weighted by Gasteiger charge is -2.27. The Hall–Kier alpha value is -6.38. The number of nitrogens with one attached hydrogen (secondary N) is 4. The molecule has 274 valence electrons. The molecule has 0 saturated carbocycles. The highest BCUT2D eigenvalue weighted by molar-refractivity contribution is 6.00. The van der Waals surface area contributed by atoms with Gasteiger partial charge in [-0.1, -0.05) is 56.3 Å². The molecular weight excluding hydrogens is 678 g/mol. The fraction of sp³-hybridized carbons (Fsp3) is 0.316. The van der Waals surface area contributed by atoms with E-state index in [0.29, 0.717) is 28.3 Å². The van der Waals surface area contributed by atoms with Crippen molar-refractivity contribution in [3.8, 4) is 17.1 Å². The first-order chi connectivity index (χ1) is 25.5. The van der Waals surface area contributed by atoms with E-state index in [0.717, 1.165) is 11.1 Å². The highest BCUT2D eigenvalue weighted by Crippen LogP contribution is 2.20. The number of benzene rings is 3. The molecule has 4 N–H and O–H groups in total. The predicted molar refractivity (Wildman–Crippen MR) is 196 cm³/mol. The summed E-state index contributed by atoms with van der Waals surface area (Å²) in [7, 11) is 1.59. The summed E-state index contributed by atoms with van der Waals surface area (Å²) in [4.78, 5) is 76.0. The lowest BCUT2D eigenvalue weighted by molar-refractivity contribution is -0.131. The van der Waals surface area contributed by atoms with Gasteiger partial charge in [0, 0.05) is 24.6 Å². The molecule has 0 fully saturated rings. The van der Waals surface area contributed by atoms with Crippen LogP contribution in [-0.4, -0.2) is 73.2 Å². The first-order valence-electron chi connectivity index (χ1n) is 17.3. The zero-order valence-corrected chi connectivity index (χ0v) is 29.8. The van der Waals surface area contributed by atoms with Gasteiger partial charge in [0.25, 0.3) is 11.5 Å². The van der Waals surface area contributed by atoms with E-state index in [1.54, 1.807) is 52.1 Å². The van der Waals surface area contributed by atoms with Crippen molar-refractivity contribution in [2.75, 3.05) is 13.2 Å². The number of ether oxygens (including phenoxy) is 1. The van der Waals surface area contributed by atoms with E-state index in [9.17, 15) is 24.0 Å². The lowest BCUT2D eigenvalue weighted by atomic mass is 10.00. The smallest absolute Gasteiger partial charge is 0.260 e. The molecule has 15 nitrogen and oxygen atoms in total. The van der Waals surface area contributed by atoms with Crippen LogP contribution in [0.25, 0.3) is 22.3 Å². The third kappa shape index (κ3) is 8.57. The van der Waals surface area contributed by atoms with E-state index >= 15 is 0 Å². The molecule has 4 amide bonds. The third-order valence-corrected chi connectivity index (χ3v) is 8.88. The van der Waals surface area contributed by atoms with Crippen LogP contribution < -0.4 is 31.6 Å². The molecule has 4 heterocycles. The first-order valence-corrected chi connectivity index (χ1v) is 17.3. The van der Waals surface area contributed by atoms with E-state index in [1.807, 2.05) is 30.3 Å². The van der Waals surface area contributed by atoms with Gasteiger partial charge in [0.2, 0.25) is 17.7 Å². The summed E-state index contributed by atoms with van der Waals surface area (Å²) in [5.41, 5.74) is 1.75. The van der Waals surface area contributed by atoms with Gasteiger partial charge in [-0.2, -0.15) is 5.10 Å². The van der Waals surface area contributed by atoms with E-state index in [2.05, 4.69) is 31.3 Å². The van der Waals surface area contributed by atoms with Crippen LogP contribution in [0, 0.1) is 5.92 Å². The number of fused-ring (bicyclic) bond motifs is 15. The number of carbonyl (C=O) groups is 4. The summed E-state index contributed by atoms with van der Waals surface area (Å²) < 4.78 is 8.64. The average molecular weight is 720 g/mol. The molecule has 0 radical (unpaired) electrons. The maximum absolute atomic E-state index is 14.0. The summed E-state index contributed by atoms with van der Waals surface area (Å²) in [5.74, 6) is -0.998. The lowest BCUT2D eigenvalue weighted by Crippen LogP contribution is -2.56. The second-order valence-corrected chi connectivity index (χ2v) is 13.2. The van der Waals surface area contributed by atoms with Crippen LogP contribution in [0.15, 0.2) is 83.9 Å². The average Bonchev–Trinajstić information content (AvgIpc) is 3.57. The quantitative estimate of drug-likeness (QED) is 0.215. The normalized spacial score (nSPS) is 18.7. The molecule has 53 heavy (non-hydrogen) atoms. The summed E-state index contributed by atoms with van der Waals surface area (Å²) >= 11 is 0. The van der Waals surface area contributed by atoms with Crippen molar-refractivity contribution in [1.82, 2.24) is 45.6 Å². The minimum Gasteiger partial charge on any atom is -0.492 e. The van der Waals surface area contributed by atoms with Gasteiger partial charge >= 0.3 is 0 Å². The Morgan fingerprint density at radius 2 is 1.72 bits per heavy atom. The van der Waals surface area contributed by atoms with E-state index in [-0.39, 0.29) is 49.1 Å². The molecule has 5 aromatic rings. The molecule has 7 rings (SSSR count). The minimum absolute atomic E-state index is 0.0918. The van der Waals surface area contributed by atoms with Crippen molar-refractivity contribution in [1.29, 1.82) is 0 Å². The van der Waals surface area contributed by atoms with Crippen LogP contribution in [-0.2, 0) is 34.4 Å². The second-order valence-electron chi connectivity index (χ2n) is 13.2. The van der Waals surface area contributed by atoms with Gasteiger partial charge in [0.15, 0.2) is 5.82 Å². The highest BCUT2D eigenvalue weighted by atomic mass is 16.5. The zero-order chi connectivity index (χ0) is 37.6. The van der Waals surface area contributed by atoms with E-state index in [1.165, 1.54) is 33.8 Å². The molecule has 3 atom stereocenters. The van der Waals surface area contributed by atoms with Gasteiger partial charge in [0.1, 0.15) is 36.8 Å². The number of amides is 4. The Balaban J connectivity index is 1.30. The zero-order valence-electron chi connectivity index (χ0n) is 29.8. The van der Waals surface area contributed by atoms with Crippen LogP contribution in [0.3, 0.4) is 0 Å². The third-order valence-electron chi connectivity index (χ3n) is 8.88. The standard InChI is InChI=1S/C38H41N9O6/c1-22(2)32-37(51)41-23(3)34-44-33(25-8-6-5-7-9-25)45-47(34)20-31(48)39-16-17-53-27-13-10-24(11-14-27)18-30(36(50)43-32)42-35(49)26-12-15-28-29(19-26)40-21-46(4)38(28)52/h5-15,19,21-23,30,32H,16-18,20H2,1-4H3,(H,39,48)(H,41,51)(H,42,49)(H,43,50)/t23-,30-,32+/m0/s1. The Morgan fingerprint density at radius 1 is 0.962 bits per heavy atom. The summed E-state index contributed by atoms with van der Waals surface area (Å²) in [6.45, 7) is 5.59. The van der Waals surface area contributed by atoms with Crippen LogP contribution in [0.1, 0.15) is 48.6 Å². The van der Waals surface area contributed by atoms with Crippen molar-refractivity contribution in [2.24, 2.45) is 13.0 Å². The monoisotopic (exact) mass is 719 g/mol. The van der Waals surface area contributed by atoms with Gasteiger partial charge < -0.3 is 30.6 Å².